The molecule has 96 valence electrons. The predicted octanol–water partition coefficient (Wildman–Crippen LogP) is 1.51. The minimum atomic E-state index is -0.318. The van der Waals surface area contributed by atoms with Gasteiger partial charge in [0.05, 0.1) is 12.6 Å². The Morgan fingerprint density at radius 2 is 2.29 bits per heavy atom. The fourth-order valence-corrected chi connectivity index (χ4v) is 2.72. The maximum absolute atomic E-state index is 10.1. The molecular weight excluding hydrogens is 214 g/mol. The number of aliphatic hydroxyl groups is 1. The maximum Gasteiger partial charge on any atom is 0.0862 e. The first-order chi connectivity index (χ1) is 8.29. The van der Waals surface area contributed by atoms with Gasteiger partial charge in [-0.05, 0) is 31.9 Å². The molecule has 1 fully saturated rings. The van der Waals surface area contributed by atoms with E-state index in [1.165, 1.54) is 25.7 Å². The lowest BCUT2D eigenvalue weighted by Gasteiger charge is -2.36. The van der Waals surface area contributed by atoms with Crippen LogP contribution in [0.15, 0.2) is 18.5 Å². The fourth-order valence-electron chi connectivity index (χ4n) is 2.72. The molecule has 4 nitrogen and oxygen atoms in total. The largest absolute Gasteiger partial charge is 0.390 e. The van der Waals surface area contributed by atoms with E-state index in [2.05, 4.69) is 16.9 Å². The molecule has 2 atom stereocenters. The van der Waals surface area contributed by atoms with E-state index in [4.69, 9.17) is 0 Å². The van der Waals surface area contributed by atoms with Gasteiger partial charge in [0.2, 0.25) is 0 Å². The summed E-state index contributed by atoms with van der Waals surface area (Å²) in [7, 11) is 0. The van der Waals surface area contributed by atoms with E-state index in [-0.39, 0.29) is 6.10 Å². The first kappa shape index (κ1) is 12.6. The summed E-state index contributed by atoms with van der Waals surface area (Å²) in [6, 6.07) is 2.55. The standard InChI is InChI=1S/C13H23N3O/c1-2-12-6-3-4-8-15(12)10-13(17)11-16-9-5-7-14-16/h5,7,9,12-13,17H,2-4,6,8,10-11H2,1H3/t12-,13+/m0/s1. The Kier molecular flexibility index (Phi) is 4.57. The van der Waals surface area contributed by atoms with Gasteiger partial charge in [-0.3, -0.25) is 9.58 Å². The molecule has 4 heteroatoms. The van der Waals surface area contributed by atoms with Gasteiger partial charge in [-0.15, -0.1) is 0 Å². The van der Waals surface area contributed by atoms with Crippen LogP contribution in [0.5, 0.6) is 0 Å². The van der Waals surface area contributed by atoms with Gasteiger partial charge in [-0.1, -0.05) is 13.3 Å². The van der Waals surface area contributed by atoms with Crippen LogP contribution < -0.4 is 0 Å². The minimum Gasteiger partial charge on any atom is -0.390 e. The molecule has 1 aliphatic rings. The second-order valence-corrected chi connectivity index (χ2v) is 4.93. The van der Waals surface area contributed by atoms with E-state index in [1.807, 2.05) is 12.3 Å². The van der Waals surface area contributed by atoms with Crippen LogP contribution in [0.25, 0.3) is 0 Å². The van der Waals surface area contributed by atoms with Crippen molar-refractivity contribution >= 4 is 0 Å². The number of aromatic nitrogens is 2. The first-order valence-electron chi connectivity index (χ1n) is 6.69. The number of aliphatic hydroxyl groups excluding tert-OH is 1. The fraction of sp³-hybridized carbons (Fsp3) is 0.769. The molecule has 0 radical (unpaired) electrons. The van der Waals surface area contributed by atoms with Crippen molar-refractivity contribution in [3.05, 3.63) is 18.5 Å². The molecule has 0 aromatic carbocycles. The van der Waals surface area contributed by atoms with Gasteiger partial charge in [-0.2, -0.15) is 5.10 Å². The average Bonchev–Trinajstić information content (AvgIpc) is 2.82. The lowest BCUT2D eigenvalue weighted by atomic mass is 9.99. The highest BCUT2D eigenvalue weighted by molar-refractivity contribution is 4.81. The van der Waals surface area contributed by atoms with Crippen LogP contribution in [0.1, 0.15) is 32.6 Å². The van der Waals surface area contributed by atoms with E-state index in [0.29, 0.717) is 12.6 Å². The third-order valence-electron chi connectivity index (χ3n) is 3.62. The first-order valence-corrected chi connectivity index (χ1v) is 6.69. The summed E-state index contributed by atoms with van der Waals surface area (Å²) >= 11 is 0. The molecule has 2 heterocycles. The van der Waals surface area contributed by atoms with E-state index in [0.717, 1.165) is 13.1 Å². The minimum absolute atomic E-state index is 0.318. The van der Waals surface area contributed by atoms with Crippen LogP contribution in [0, 0.1) is 0 Å². The number of β-amino-alcohol motifs (C(OH)–C–C–N with tert-alkyl or cyclic N) is 1. The van der Waals surface area contributed by atoms with E-state index in [9.17, 15) is 5.11 Å². The van der Waals surface area contributed by atoms with Crippen LogP contribution in [-0.2, 0) is 6.54 Å². The van der Waals surface area contributed by atoms with Gasteiger partial charge in [0.1, 0.15) is 0 Å². The highest BCUT2D eigenvalue weighted by atomic mass is 16.3. The number of rotatable bonds is 5. The molecule has 1 N–H and O–H groups in total. The Bertz CT molecular complexity index is 312. The number of nitrogens with zero attached hydrogens (tertiary/aromatic N) is 3. The number of likely N-dealkylation sites (tertiary alicyclic amines) is 1. The third-order valence-corrected chi connectivity index (χ3v) is 3.62. The van der Waals surface area contributed by atoms with Crippen molar-refractivity contribution in [1.29, 1.82) is 0 Å². The molecule has 0 bridgehead atoms. The van der Waals surface area contributed by atoms with E-state index < -0.39 is 0 Å². The molecule has 0 unspecified atom stereocenters. The monoisotopic (exact) mass is 237 g/mol. The Hall–Kier alpha value is -0.870. The lowest BCUT2D eigenvalue weighted by molar-refractivity contribution is 0.0551. The topological polar surface area (TPSA) is 41.3 Å². The molecule has 0 amide bonds. The summed E-state index contributed by atoms with van der Waals surface area (Å²) in [4.78, 5) is 2.44. The molecule has 1 aromatic heterocycles. The van der Waals surface area contributed by atoms with Crippen LogP contribution >= 0.6 is 0 Å². The van der Waals surface area contributed by atoms with Gasteiger partial charge in [0, 0.05) is 25.0 Å². The van der Waals surface area contributed by atoms with Crippen molar-refractivity contribution in [1.82, 2.24) is 14.7 Å². The molecule has 0 spiro atoms. The Morgan fingerprint density at radius 1 is 1.41 bits per heavy atom. The quantitative estimate of drug-likeness (QED) is 0.844. The third kappa shape index (κ3) is 3.54. The molecule has 1 aromatic rings. The molecule has 17 heavy (non-hydrogen) atoms. The van der Waals surface area contributed by atoms with Crippen LogP contribution in [0.2, 0.25) is 0 Å². The van der Waals surface area contributed by atoms with Crippen molar-refractivity contribution in [2.75, 3.05) is 13.1 Å². The predicted molar refractivity (Wildman–Crippen MR) is 67.7 cm³/mol. The molecule has 1 aliphatic heterocycles. The molecular formula is C13H23N3O. The Balaban J connectivity index is 1.82. The second kappa shape index (κ2) is 6.17. The van der Waals surface area contributed by atoms with Crippen molar-refractivity contribution in [2.24, 2.45) is 0 Å². The SMILES string of the molecule is CC[C@H]1CCCCN1C[C@@H](O)Cn1cccn1. The lowest BCUT2D eigenvalue weighted by Crippen LogP contribution is -2.44. The zero-order valence-corrected chi connectivity index (χ0v) is 10.6. The summed E-state index contributed by atoms with van der Waals surface area (Å²) in [5.41, 5.74) is 0. The maximum atomic E-state index is 10.1. The average molecular weight is 237 g/mol. The van der Waals surface area contributed by atoms with Crippen molar-refractivity contribution in [2.45, 2.75) is 51.3 Å². The molecule has 2 rings (SSSR count). The molecule has 1 saturated heterocycles. The summed E-state index contributed by atoms with van der Waals surface area (Å²) in [6.45, 7) is 4.75. The second-order valence-electron chi connectivity index (χ2n) is 4.93. The van der Waals surface area contributed by atoms with Gasteiger partial charge in [-0.25, -0.2) is 0 Å². The van der Waals surface area contributed by atoms with Crippen LogP contribution in [0.4, 0.5) is 0 Å². The number of hydrogen-bond acceptors (Lipinski definition) is 3. The smallest absolute Gasteiger partial charge is 0.0862 e. The number of hydrogen-bond donors (Lipinski definition) is 1. The summed E-state index contributed by atoms with van der Waals surface area (Å²) in [5, 5.41) is 14.2. The highest BCUT2D eigenvalue weighted by Gasteiger charge is 2.22. The van der Waals surface area contributed by atoms with Crippen LogP contribution in [-0.4, -0.2) is 45.0 Å². The highest BCUT2D eigenvalue weighted by Crippen LogP contribution is 2.19. The van der Waals surface area contributed by atoms with Crippen molar-refractivity contribution < 1.29 is 5.11 Å². The van der Waals surface area contributed by atoms with E-state index >= 15 is 0 Å². The summed E-state index contributed by atoms with van der Waals surface area (Å²) in [5.74, 6) is 0. The van der Waals surface area contributed by atoms with Crippen LogP contribution in [0.3, 0.4) is 0 Å². The Labute approximate surface area is 103 Å². The van der Waals surface area contributed by atoms with Gasteiger partial charge >= 0.3 is 0 Å². The molecule has 0 aliphatic carbocycles. The Morgan fingerprint density at radius 3 is 3.00 bits per heavy atom. The van der Waals surface area contributed by atoms with E-state index in [1.54, 1.807) is 10.9 Å². The van der Waals surface area contributed by atoms with Gasteiger partial charge in [0.15, 0.2) is 0 Å². The number of piperidine rings is 1. The summed E-state index contributed by atoms with van der Waals surface area (Å²) < 4.78 is 1.80. The van der Waals surface area contributed by atoms with Gasteiger partial charge in [0.25, 0.3) is 0 Å². The summed E-state index contributed by atoms with van der Waals surface area (Å²) in [6.07, 6.45) is 8.41. The van der Waals surface area contributed by atoms with Crippen molar-refractivity contribution in [3.63, 3.8) is 0 Å². The zero-order valence-electron chi connectivity index (χ0n) is 10.6. The molecule has 0 saturated carbocycles. The van der Waals surface area contributed by atoms with Gasteiger partial charge < -0.3 is 5.11 Å². The normalized spacial score (nSPS) is 23.8. The van der Waals surface area contributed by atoms with Crippen molar-refractivity contribution in [3.8, 4) is 0 Å². The zero-order chi connectivity index (χ0) is 12.1.